The number of sulfone groups is 1. The highest BCUT2D eigenvalue weighted by atomic mass is 32.2. The Morgan fingerprint density at radius 1 is 1.39 bits per heavy atom. The Balaban J connectivity index is 2.60. The summed E-state index contributed by atoms with van der Waals surface area (Å²) < 4.78 is 28.9. The van der Waals surface area contributed by atoms with Crippen LogP contribution in [0.15, 0.2) is 24.3 Å². The third-order valence-electron chi connectivity index (χ3n) is 2.82. The van der Waals surface area contributed by atoms with E-state index in [1.165, 1.54) is 0 Å². The number of nitriles is 1. The summed E-state index contributed by atoms with van der Waals surface area (Å²) in [5.41, 5.74) is 0.415. The molecule has 1 aromatic rings. The average molecular weight is 267 g/mol. The molecule has 0 aliphatic heterocycles. The fourth-order valence-electron chi connectivity index (χ4n) is 1.41. The van der Waals surface area contributed by atoms with Crippen LogP contribution in [0.1, 0.15) is 25.8 Å². The van der Waals surface area contributed by atoms with Gasteiger partial charge in [-0.3, -0.25) is 0 Å². The van der Waals surface area contributed by atoms with Gasteiger partial charge in [-0.15, -0.1) is 0 Å². The van der Waals surface area contributed by atoms with Crippen molar-refractivity contribution in [2.75, 3.05) is 12.4 Å². The van der Waals surface area contributed by atoms with Crippen molar-refractivity contribution in [3.63, 3.8) is 0 Å². The molecule has 0 radical (unpaired) electrons. The maximum atomic E-state index is 11.8. The van der Waals surface area contributed by atoms with Gasteiger partial charge in [0.25, 0.3) is 0 Å². The maximum Gasteiger partial charge on any atom is 0.156 e. The van der Waals surface area contributed by atoms with Gasteiger partial charge in [0.15, 0.2) is 9.84 Å². The van der Waals surface area contributed by atoms with Crippen molar-refractivity contribution in [2.24, 2.45) is 0 Å². The summed E-state index contributed by atoms with van der Waals surface area (Å²) in [6.07, 6.45) is 0.594. The number of hydrogen-bond acceptors (Lipinski definition) is 4. The van der Waals surface area contributed by atoms with E-state index in [9.17, 15) is 8.42 Å². The molecule has 0 saturated heterocycles. The summed E-state index contributed by atoms with van der Waals surface area (Å²) in [6.45, 7) is 3.61. The van der Waals surface area contributed by atoms with Gasteiger partial charge in [0.05, 0.1) is 16.6 Å². The Morgan fingerprint density at radius 2 is 2.06 bits per heavy atom. The van der Waals surface area contributed by atoms with Gasteiger partial charge in [-0.1, -0.05) is 19.1 Å². The Kier molecular flexibility index (Phi) is 5.17. The number of rotatable bonds is 6. The van der Waals surface area contributed by atoms with Crippen LogP contribution in [-0.2, 0) is 9.84 Å². The smallest absolute Gasteiger partial charge is 0.156 e. The van der Waals surface area contributed by atoms with Gasteiger partial charge in [0.1, 0.15) is 18.4 Å². The van der Waals surface area contributed by atoms with Crippen LogP contribution in [0.2, 0.25) is 0 Å². The molecule has 18 heavy (non-hydrogen) atoms. The van der Waals surface area contributed by atoms with Crippen LogP contribution in [0.4, 0.5) is 0 Å². The van der Waals surface area contributed by atoms with Gasteiger partial charge >= 0.3 is 0 Å². The summed E-state index contributed by atoms with van der Waals surface area (Å²) in [4.78, 5) is 0. The van der Waals surface area contributed by atoms with Gasteiger partial charge < -0.3 is 4.74 Å². The molecule has 0 bridgehead atoms. The SMILES string of the molecule is CCC(C)S(=O)(=O)CCOc1ccccc1C#N. The van der Waals surface area contributed by atoms with Gasteiger partial charge in [-0.05, 0) is 25.5 Å². The molecule has 4 nitrogen and oxygen atoms in total. The van der Waals surface area contributed by atoms with Crippen molar-refractivity contribution >= 4 is 9.84 Å². The second-order valence-electron chi connectivity index (χ2n) is 4.04. The zero-order chi connectivity index (χ0) is 13.6. The van der Waals surface area contributed by atoms with Crippen LogP contribution in [-0.4, -0.2) is 26.0 Å². The second-order valence-corrected chi connectivity index (χ2v) is 6.58. The first-order chi connectivity index (χ1) is 8.51. The van der Waals surface area contributed by atoms with E-state index < -0.39 is 9.84 Å². The summed E-state index contributed by atoms with van der Waals surface area (Å²) in [7, 11) is -3.11. The van der Waals surface area contributed by atoms with Crippen molar-refractivity contribution in [1.82, 2.24) is 0 Å². The molecule has 1 rings (SSSR count). The first-order valence-electron chi connectivity index (χ1n) is 5.84. The number of nitrogens with zero attached hydrogens (tertiary/aromatic N) is 1. The summed E-state index contributed by atoms with van der Waals surface area (Å²) in [5.74, 6) is 0.404. The monoisotopic (exact) mass is 267 g/mol. The predicted octanol–water partition coefficient (Wildman–Crippen LogP) is 2.15. The molecular formula is C13H17NO3S. The molecule has 5 heteroatoms. The highest BCUT2D eigenvalue weighted by Gasteiger charge is 2.18. The highest BCUT2D eigenvalue weighted by molar-refractivity contribution is 7.92. The minimum atomic E-state index is -3.11. The Bertz CT molecular complexity index is 531. The third-order valence-corrected chi connectivity index (χ3v) is 5.12. The largest absolute Gasteiger partial charge is 0.491 e. The lowest BCUT2D eigenvalue weighted by atomic mass is 10.2. The molecule has 1 aromatic carbocycles. The van der Waals surface area contributed by atoms with Crippen molar-refractivity contribution in [3.8, 4) is 11.8 Å². The predicted molar refractivity (Wildman–Crippen MR) is 70.2 cm³/mol. The summed E-state index contributed by atoms with van der Waals surface area (Å²) >= 11 is 0. The zero-order valence-corrected chi connectivity index (χ0v) is 11.4. The molecular weight excluding hydrogens is 250 g/mol. The van der Waals surface area contributed by atoms with E-state index in [1.54, 1.807) is 31.2 Å². The van der Waals surface area contributed by atoms with Crippen molar-refractivity contribution in [2.45, 2.75) is 25.5 Å². The topological polar surface area (TPSA) is 67.2 Å². The molecule has 1 atom stereocenters. The molecule has 0 saturated carbocycles. The van der Waals surface area contributed by atoms with E-state index in [4.69, 9.17) is 10.00 Å². The normalized spacial score (nSPS) is 12.7. The number of para-hydroxylation sites is 1. The molecule has 0 amide bonds. The summed E-state index contributed by atoms with van der Waals surface area (Å²) in [6, 6.07) is 8.79. The Labute approximate surface area is 108 Å². The maximum absolute atomic E-state index is 11.8. The van der Waals surface area contributed by atoms with E-state index >= 15 is 0 Å². The van der Waals surface area contributed by atoms with Crippen LogP contribution in [0.5, 0.6) is 5.75 Å². The molecule has 0 fully saturated rings. The zero-order valence-electron chi connectivity index (χ0n) is 10.6. The Morgan fingerprint density at radius 3 is 2.67 bits per heavy atom. The second kappa shape index (κ2) is 6.41. The van der Waals surface area contributed by atoms with E-state index in [0.717, 1.165) is 0 Å². The van der Waals surface area contributed by atoms with E-state index in [1.807, 2.05) is 13.0 Å². The van der Waals surface area contributed by atoms with Crippen molar-refractivity contribution in [1.29, 1.82) is 5.26 Å². The number of hydrogen-bond donors (Lipinski definition) is 0. The van der Waals surface area contributed by atoms with Crippen LogP contribution >= 0.6 is 0 Å². The molecule has 1 unspecified atom stereocenters. The molecule has 98 valence electrons. The quantitative estimate of drug-likeness (QED) is 0.792. The van der Waals surface area contributed by atoms with Crippen molar-refractivity contribution in [3.05, 3.63) is 29.8 Å². The fraction of sp³-hybridized carbons (Fsp3) is 0.462. The van der Waals surface area contributed by atoms with E-state index in [0.29, 0.717) is 17.7 Å². The molecule has 0 N–H and O–H groups in total. The number of ether oxygens (including phenoxy) is 1. The lowest BCUT2D eigenvalue weighted by Crippen LogP contribution is -2.24. The molecule has 0 aliphatic carbocycles. The van der Waals surface area contributed by atoms with E-state index in [2.05, 4.69) is 0 Å². The molecule has 0 aliphatic rings. The Hall–Kier alpha value is -1.54. The lowest BCUT2D eigenvalue weighted by Gasteiger charge is -2.11. The van der Waals surface area contributed by atoms with Gasteiger partial charge in [-0.25, -0.2) is 8.42 Å². The van der Waals surface area contributed by atoms with Gasteiger partial charge in [0.2, 0.25) is 0 Å². The molecule has 0 heterocycles. The fourth-order valence-corrected chi connectivity index (χ4v) is 2.63. The van der Waals surface area contributed by atoms with Gasteiger partial charge in [-0.2, -0.15) is 5.26 Å². The van der Waals surface area contributed by atoms with E-state index in [-0.39, 0.29) is 17.6 Å². The first-order valence-corrected chi connectivity index (χ1v) is 7.56. The third kappa shape index (κ3) is 3.74. The minimum Gasteiger partial charge on any atom is -0.491 e. The van der Waals surface area contributed by atoms with Gasteiger partial charge in [0, 0.05) is 0 Å². The van der Waals surface area contributed by atoms with Crippen LogP contribution in [0.3, 0.4) is 0 Å². The van der Waals surface area contributed by atoms with Crippen LogP contribution in [0.25, 0.3) is 0 Å². The molecule has 0 spiro atoms. The van der Waals surface area contributed by atoms with Crippen LogP contribution in [0, 0.1) is 11.3 Å². The lowest BCUT2D eigenvalue weighted by molar-refractivity contribution is 0.339. The van der Waals surface area contributed by atoms with Crippen molar-refractivity contribution < 1.29 is 13.2 Å². The van der Waals surface area contributed by atoms with Crippen LogP contribution < -0.4 is 4.74 Å². The highest BCUT2D eigenvalue weighted by Crippen LogP contribution is 2.16. The summed E-state index contributed by atoms with van der Waals surface area (Å²) in [5, 5.41) is 8.50. The first kappa shape index (κ1) is 14.5. The molecule has 0 aromatic heterocycles. The standard InChI is InChI=1S/C13H17NO3S/c1-3-11(2)18(15,16)9-8-17-13-7-5-4-6-12(13)10-14/h4-7,11H,3,8-9H2,1-2H3. The minimum absolute atomic E-state index is 0.0260. The number of benzene rings is 1. The average Bonchev–Trinajstić information content (AvgIpc) is 2.38.